The minimum Gasteiger partial charge on any atom is -0.360 e. The SMILES string of the molecule is CCNc1nnc(Sc2nc(C(C)C)nc(N(C)C)n2)s1. The lowest BCUT2D eigenvalue weighted by Gasteiger charge is -2.13. The van der Waals surface area contributed by atoms with Crippen molar-refractivity contribution < 1.29 is 0 Å². The normalized spacial score (nSPS) is 11.0. The summed E-state index contributed by atoms with van der Waals surface area (Å²) in [6.07, 6.45) is 0. The lowest BCUT2D eigenvalue weighted by Crippen LogP contribution is -2.15. The molecule has 0 aliphatic rings. The maximum absolute atomic E-state index is 4.50. The number of hydrogen-bond donors (Lipinski definition) is 1. The van der Waals surface area contributed by atoms with Crippen LogP contribution in [0.1, 0.15) is 32.5 Å². The largest absolute Gasteiger partial charge is 0.360 e. The quantitative estimate of drug-likeness (QED) is 0.868. The molecule has 7 nitrogen and oxygen atoms in total. The van der Waals surface area contributed by atoms with Crippen molar-refractivity contribution in [3.8, 4) is 0 Å². The van der Waals surface area contributed by atoms with Crippen molar-refractivity contribution in [2.75, 3.05) is 30.9 Å². The molecule has 0 fully saturated rings. The fourth-order valence-corrected chi connectivity index (χ4v) is 3.09. The van der Waals surface area contributed by atoms with Gasteiger partial charge < -0.3 is 10.2 Å². The van der Waals surface area contributed by atoms with E-state index in [0.717, 1.165) is 21.8 Å². The summed E-state index contributed by atoms with van der Waals surface area (Å²) in [6, 6.07) is 0. The molecular weight excluding hydrogens is 306 g/mol. The van der Waals surface area contributed by atoms with E-state index < -0.39 is 0 Å². The third-order valence-electron chi connectivity index (χ3n) is 2.45. The van der Waals surface area contributed by atoms with Gasteiger partial charge in [-0.05, 0) is 18.7 Å². The van der Waals surface area contributed by atoms with Gasteiger partial charge >= 0.3 is 0 Å². The van der Waals surface area contributed by atoms with Crippen LogP contribution < -0.4 is 10.2 Å². The molecule has 0 spiro atoms. The van der Waals surface area contributed by atoms with Crippen LogP contribution in [0.25, 0.3) is 0 Å². The van der Waals surface area contributed by atoms with E-state index in [2.05, 4.69) is 44.3 Å². The fraction of sp³-hybridized carbons (Fsp3) is 0.583. The Morgan fingerprint density at radius 3 is 2.57 bits per heavy atom. The molecule has 0 unspecified atom stereocenters. The summed E-state index contributed by atoms with van der Waals surface area (Å²) in [5, 5.41) is 12.8. The van der Waals surface area contributed by atoms with Gasteiger partial charge in [0.2, 0.25) is 11.1 Å². The minimum absolute atomic E-state index is 0.248. The summed E-state index contributed by atoms with van der Waals surface area (Å²) >= 11 is 2.91. The summed E-state index contributed by atoms with van der Waals surface area (Å²) in [7, 11) is 3.84. The van der Waals surface area contributed by atoms with Crippen LogP contribution >= 0.6 is 23.1 Å². The Kier molecular flexibility index (Phi) is 5.29. The molecule has 1 N–H and O–H groups in total. The molecule has 9 heteroatoms. The van der Waals surface area contributed by atoms with Crippen LogP contribution in [0.2, 0.25) is 0 Å². The Bertz CT molecular complexity index is 571. The average Bonchev–Trinajstić information content (AvgIpc) is 2.86. The number of nitrogens with one attached hydrogen (secondary N) is 1. The molecule has 2 aromatic heterocycles. The van der Waals surface area contributed by atoms with E-state index in [-0.39, 0.29) is 5.92 Å². The number of nitrogens with zero attached hydrogens (tertiary/aromatic N) is 6. The van der Waals surface area contributed by atoms with Gasteiger partial charge in [0.1, 0.15) is 5.82 Å². The molecule has 0 radical (unpaired) electrons. The predicted octanol–water partition coefficient (Wildman–Crippen LogP) is 2.50. The van der Waals surface area contributed by atoms with Gasteiger partial charge in [-0.15, -0.1) is 10.2 Å². The van der Waals surface area contributed by atoms with Crippen LogP contribution in [0.4, 0.5) is 11.1 Å². The van der Waals surface area contributed by atoms with E-state index in [1.54, 1.807) is 0 Å². The van der Waals surface area contributed by atoms with E-state index in [0.29, 0.717) is 11.1 Å². The number of anilines is 2. The van der Waals surface area contributed by atoms with Gasteiger partial charge in [0, 0.05) is 26.6 Å². The molecule has 114 valence electrons. The highest BCUT2D eigenvalue weighted by Gasteiger charge is 2.14. The van der Waals surface area contributed by atoms with Crippen LogP contribution in [0, 0.1) is 0 Å². The highest BCUT2D eigenvalue weighted by atomic mass is 32.2. The number of hydrogen-bond acceptors (Lipinski definition) is 9. The average molecular weight is 325 g/mol. The van der Waals surface area contributed by atoms with Crippen LogP contribution in [-0.4, -0.2) is 45.8 Å². The second kappa shape index (κ2) is 6.99. The fourth-order valence-electron chi connectivity index (χ4n) is 1.42. The van der Waals surface area contributed by atoms with Crippen LogP contribution in [-0.2, 0) is 0 Å². The van der Waals surface area contributed by atoms with Crippen molar-refractivity contribution >= 4 is 34.2 Å². The molecule has 0 saturated heterocycles. The first-order valence-corrected chi connectivity index (χ1v) is 8.31. The lowest BCUT2D eigenvalue weighted by atomic mass is 10.2. The van der Waals surface area contributed by atoms with Gasteiger partial charge in [0.25, 0.3) is 0 Å². The Hall–Kier alpha value is -1.48. The highest BCUT2D eigenvalue weighted by molar-refractivity contribution is 8.00. The molecule has 0 bridgehead atoms. The van der Waals surface area contributed by atoms with Crippen molar-refractivity contribution in [2.24, 2.45) is 0 Å². The topological polar surface area (TPSA) is 79.7 Å². The zero-order valence-electron chi connectivity index (χ0n) is 12.8. The lowest BCUT2D eigenvalue weighted by molar-refractivity contribution is 0.716. The maximum atomic E-state index is 4.50. The van der Waals surface area contributed by atoms with Crippen LogP contribution in [0.3, 0.4) is 0 Å². The molecule has 0 aliphatic carbocycles. The summed E-state index contributed by atoms with van der Waals surface area (Å²) in [5.41, 5.74) is 0. The van der Waals surface area contributed by atoms with Crippen molar-refractivity contribution in [1.29, 1.82) is 0 Å². The second-order valence-electron chi connectivity index (χ2n) is 4.83. The van der Waals surface area contributed by atoms with Gasteiger partial charge in [-0.3, -0.25) is 0 Å². The van der Waals surface area contributed by atoms with E-state index >= 15 is 0 Å². The monoisotopic (exact) mass is 325 g/mol. The second-order valence-corrected chi connectivity index (χ2v) is 7.02. The summed E-state index contributed by atoms with van der Waals surface area (Å²) in [6.45, 7) is 6.99. The molecular formula is C12H19N7S2. The molecule has 2 rings (SSSR count). The summed E-state index contributed by atoms with van der Waals surface area (Å²) in [5.74, 6) is 1.69. The first-order chi connectivity index (χ1) is 9.99. The Labute approximate surface area is 132 Å². The minimum atomic E-state index is 0.248. The van der Waals surface area contributed by atoms with Gasteiger partial charge in [-0.1, -0.05) is 25.2 Å². The van der Waals surface area contributed by atoms with Gasteiger partial charge in [0.05, 0.1) is 0 Å². The van der Waals surface area contributed by atoms with E-state index in [1.807, 2.05) is 25.9 Å². The van der Waals surface area contributed by atoms with Gasteiger partial charge in [0.15, 0.2) is 9.50 Å². The first kappa shape index (κ1) is 15.9. The van der Waals surface area contributed by atoms with Gasteiger partial charge in [-0.2, -0.15) is 9.97 Å². The Balaban J connectivity index is 2.25. The van der Waals surface area contributed by atoms with Crippen molar-refractivity contribution in [2.45, 2.75) is 36.2 Å². The number of aromatic nitrogens is 5. The Morgan fingerprint density at radius 2 is 1.95 bits per heavy atom. The summed E-state index contributed by atoms with van der Waals surface area (Å²) < 4.78 is 0.816. The van der Waals surface area contributed by atoms with Crippen LogP contribution in [0.15, 0.2) is 9.50 Å². The zero-order valence-corrected chi connectivity index (χ0v) is 14.4. The highest BCUT2D eigenvalue weighted by Crippen LogP contribution is 2.30. The first-order valence-electron chi connectivity index (χ1n) is 6.68. The van der Waals surface area contributed by atoms with E-state index in [9.17, 15) is 0 Å². The smallest absolute Gasteiger partial charge is 0.229 e. The maximum Gasteiger partial charge on any atom is 0.229 e. The molecule has 0 saturated carbocycles. The standard InChI is InChI=1S/C12H19N7S2/c1-6-13-10-17-18-12(20-10)21-11-15-8(7(2)3)14-9(16-11)19(4)5/h7H,6H2,1-5H3,(H,13,17). The van der Waals surface area contributed by atoms with Crippen molar-refractivity contribution in [3.05, 3.63) is 5.82 Å². The molecule has 0 aliphatic heterocycles. The molecule has 0 amide bonds. The van der Waals surface area contributed by atoms with Crippen molar-refractivity contribution in [1.82, 2.24) is 25.1 Å². The van der Waals surface area contributed by atoms with Crippen molar-refractivity contribution in [3.63, 3.8) is 0 Å². The van der Waals surface area contributed by atoms with E-state index in [1.165, 1.54) is 23.1 Å². The number of rotatable bonds is 6. The molecule has 0 aromatic carbocycles. The van der Waals surface area contributed by atoms with Crippen LogP contribution in [0.5, 0.6) is 0 Å². The molecule has 2 heterocycles. The molecule has 2 aromatic rings. The van der Waals surface area contributed by atoms with Gasteiger partial charge in [-0.25, -0.2) is 4.98 Å². The van der Waals surface area contributed by atoms with E-state index in [4.69, 9.17) is 0 Å². The molecule has 21 heavy (non-hydrogen) atoms. The third-order valence-corrected chi connectivity index (χ3v) is 4.25. The third kappa shape index (κ3) is 4.24. The predicted molar refractivity (Wildman–Crippen MR) is 86.4 cm³/mol. The Morgan fingerprint density at radius 1 is 1.19 bits per heavy atom. The zero-order chi connectivity index (χ0) is 15.4. The molecule has 0 atom stereocenters. The summed E-state index contributed by atoms with van der Waals surface area (Å²) in [4.78, 5) is 15.3.